The number of hydrogen-bond acceptors (Lipinski definition) is 4. The quantitative estimate of drug-likeness (QED) is 0.662. The largest absolute Gasteiger partial charge is 0.319 e. The fourth-order valence-corrected chi connectivity index (χ4v) is 1.84. The Balaban J connectivity index is 2.30. The monoisotopic (exact) mass is 337 g/mol. The van der Waals surface area contributed by atoms with E-state index in [0.717, 1.165) is 0 Å². The number of nitro benzene ring substituents is 1. The van der Waals surface area contributed by atoms with E-state index in [1.54, 1.807) is 0 Å². The van der Waals surface area contributed by atoms with E-state index >= 15 is 0 Å². The number of hydrogen-bond donors (Lipinski definition) is 2. The summed E-state index contributed by atoms with van der Waals surface area (Å²) in [5, 5.41) is 13.2. The standard InChI is InChI=1S/C12H8BrN3O4/c13-8-5-4-7(16(19)20)6-10(8)15-12(18)9-2-1-3-11(17)14-9/h1-6H,(H,14,17)(H,15,18). The van der Waals surface area contributed by atoms with E-state index in [9.17, 15) is 19.7 Å². The first-order valence-electron chi connectivity index (χ1n) is 5.42. The molecule has 2 aromatic rings. The van der Waals surface area contributed by atoms with E-state index in [4.69, 9.17) is 0 Å². The van der Waals surface area contributed by atoms with Crippen LogP contribution in [0.4, 0.5) is 11.4 Å². The molecule has 0 aliphatic carbocycles. The van der Waals surface area contributed by atoms with Crippen LogP contribution >= 0.6 is 15.9 Å². The lowest BCUT2D eigenvalue weighted by atomic mass is 10.2. The van der Waals surface area contributed by atoms with Gasteiger partial charge >= 0.3 is 0 Å². The number of anilines is 1. The second-order valence-electron chi connectivity index (χ2n) is 3.80. The third kappa shape index (κ3) is 3.09. The molecule has 0 radical (unpaired) electrons. The van der Waals surface area contributed by atoms with Crippen LogP contribution in [0.3, 0.4) is 0 Å². The molecule has 0 unspecified atom stereocenters. The van der Waals surface area contributed by atoms with E-state index < -0.39 is 16.4 Å². The maximum absolute atomic E-state index is 11.9. The van der Waals surface area contributed by atoms with Gasteiger partial charge in [0.25, 0.3) is 11.6 Å². The van der Waals surface area contributed by atoms with Gasteiger partial charge in [-0.15, -0.1) is 0 Å². The topological polar surface area (TPSA) is 105 Å². The van der Waals surface area contributed by atoms with Gasteiger partial charge in [0.1, 0.15) is 5.69 Å². The predicted molar refractivity (Wildman–Crippen MR) is 75.8 cm³/mol. The Bertz CT molecular complexity index is 741. The maximum atomic E-state index is 11.9. The first-order chi connectivity index (χ1) is 9.47. The van der Waals surface area contributed by atoms with Crippen LogP contribution in [0.15, 0.2) is 45.7 Å². The summed E-state index contributed by atoms with van der Waals surface area (Å²) >= 11 is 3.19. The number of aromatic amines is 1. The van der Waals surface area contributed by atoms with Crippen LogP contribution in [-0.2, 0) is 0 Å². The van der Waals surface area contributed by atoms with Crippen molar-refractivity contribution in [2.75, 3.05) is 5.32 Å². The lowest BCUT2D eigenvalue weighted by Crippen LogP contribution is -2.18. The highest BCUT2D eigenvalue weighted by molar-refractivity contribution is 9.10. The van der Waals surface area contributed by atoms with Gasteiger partial charge < -0.3 is 10.3 Å². The number of nitrogens with one attached hydrogen (secondary N) is 2. The Kier molecular flexibility index (Phi) is 3.94. The molecule has 0 aliphatic rings. The molecule has 0 fully saturated rings. The number of pyridine rings is 1. The minimum Gasteiger partial charge on any atom is -0.319 e. The minimum absolute atomic E-state index is 0.0657. The van der Waals surface area contributed by atoms with Crippen molar-refractivity contribution in [1.82, 2.24) is 4.98 Å². The summed E-state index contributed by atoms with van der Waals surface area (Å²) < 4.78 is 0.495. The van der Waals surface area contributed by atoms with Gasteiger partial charge in [-0.1, -0.05) is 6.07 Å². The van der Waals surface area contributed by atoms with Crippen molar-refractivity contribution in [2.45, 2.75) is 0 Å². The number of H-pyrrole nitrogens is 1. The highest BCUT2D eigenvalue weighted by atomic mass is 79.9. The molecule has 7 nitrogen and oxygen atoms in total. The normalized spacial score (nSPS) is 10.1. The van der Waals surface area contributed by atoms with Crippen molar-refractivity contribution in [2.24, 2.45) is 0 Å². The van der Waals surface area contributed by atoms with Crippen LogP contribution in [0.25, 0.3) is 0 Å². The highest BCUT2D eigenvalue weighted by Gasteiger charge is 2.13. The first kappa shape index (κ1) is 13.9. The van der Waals surface area contributed by atoms with Crippen LogP contribution in [0.2, 0.25) is 0 Å². The van der Waals surface area contributed by atoms with E-state index in [1.165, 1.54) is 36.4 Å². The summed E-state index contributed by atoms with van der Waals surface area (Å²) in [6, 6.07) is 8.15. The molecular formula is C12H8BrN3O4. The van der Waals surface area contributed by atoms with E-state index in [0.29, 0.717) is 4.47 Å². The van der Waals surface area contributed by atoms with Gasteiger partial charge in [-0.2, -0.15) is 0 Å². The second kappa shape index (κ2) is 5.66. The third-order valence-corrected chi connectivity index (χ3v) is 3.11. The molecule has 0 saturated heterocycles. The molecule has 0 atom stereocenters. The number of amides is 1. The van der Waals surface area contributed by atoms with Crippen molar-refractivity contribution in [1.29, 1.82) is 0 Å². The number of nitrogens with zero attached hydrogens (tertiary/aromatic N) is 1. The molecule has 0 spiro atoms. The summed E-state index contributed by atoms with van der Waals surface area (Å²) in [4.78, 5) is 35.6. The number of rotatable bonds is 3. The molecule has 1 amide bonds. The van der Waals surface area contributed by atoms with Crippen LogP contribution in [0, 0.1) is 10.1 Å². The maximum Gasteiger partial charge on any atom is 0.272 e. The molecule has 0 saturated carbocycles. The molecule has 1 heterocycles. The molecule has 8 heteroatoms. The third-order valence-electron chi connectivity index (χ3n) is 2.42. The van der Waals surface area contributed by atoms with Gasteiger partial charge in [0.15, 0.2) is 0 Å². The number of carbonyl (C=O) groups excluding carboxylic acids is 1. The number of nitro groups is 1. The first-order valence-corrected chi connectivity index (χ1v) is 6.21. The predicted octanol–water partition coefficient (Wildman–Crippen LogP) is 2.30. The summed E-state index contributed by atoms with van der Waals surface area (Å²) in [6.07, 6.45) is 0. The number of carbonyl (C=O) groups is 1. The number of non-ortho nitro benzene ring substituents is 1. The lowest BCUT2D eigenvalue weighted by molar-refractivity contribution is -0.384. The van der Waals surface area contributed by atoms with Crippen molar-refractivity contribution in [3.63, 3.8) is 0 Å². The summed E-state index contributed by atoms with van der Waals surface area (Å²) in [5.74, 6) is -0.566. The van der Waals surface area contributed by atoms with Gasteiger partial charge in [-0.3, -0.25) is 19.7 Å². The Morgan fingerprint density at radius 1 is 1.30 bits per heavy atom. The van der Waals surface area contributed by atoms with Gasteiger partial charge in [0, 0.05) is 22.7 Å². The smallest absolute Gasteiger partial charge is 0.272 e. The molecule has 2 N–H and O–H groups in total. The average molecular weight is 338 g/mol. The van der Waals surface area contributed by atoms with Gasteiger partial charge in [-0.05, 0) is 28.1 Å². The van der Waals surface area contributed by atoms with E-state index in [2.05, 4.69) is 26.2 Å². The SMILES string of the molecule is O=C(Nc1cc([N+](=O)[O-])ccc1Br)c1cccc(=O)[nH]1. The molecule has 102 valence electrons. The Morgan fingerprint density at radius 3 is 2.70 bits per heavy atom. The molecule has 1 aromatic heterocycles. The highest BCUT2D eigenvalue weighted by Crippen LogP contribution is 2.27. The van der Waals surface area contributed by atoms with Crippen LogP contribution in [0.5, 0.6) is 0 Å². The summed E-state index contributed by atoms with van der Waals surface area (Å²) in [7, 11) is 0. The van der Waals surface area contributed by atoms with E-state index in [1.807, 2.05) is 0 Å². The lowest BCUT2D eigenvalue weighted by Gasteiger charge is -2.07. The van der Waals surface area contributed by atoms with Gasteiger partial charge in [0.2, 0.25) is 5.56 Å². The zero-order valence-corrected chi connectivity index (χ0v) is 11.5. The fraction of sp³-hybridized carbons (Fsp3) is 0. The van der Waals surface area contributed by atoms with Gasteiger partial charge in [-0.25, -0.2) is 0 Å². The van der Waals surface area contributed by atoms with Crippen molar-refractivity contribution >= 4 is 33.2 Å². The number of benzene rings is 1. The molecule has 1 aromatic carbocycles. The Labute approximate surface area is 120 Å². The molecule has 0 aliphatic heterocycles. The molecule has 0 bridgehead atoms. The van der Waals surface area contributed by atoms with E-state index in [-0.39, 0.29) is 17.1 Å². The number of aromatic nitrogens is 1. The summed E-state index contributed by atoms with van der Waals surface area (Å²) in [6.45, 7) is 0. The van der Waals surface area contributed by atoms with Crippen molar-refractivity contribution < 1.29 is 9.72 Å². The molecule has 2 rings (SSSR count). The van der Waals surface area contributed by atoms with Crippen LogP contribution < -0.4 is 10.9 Å². The zero-order valence-electron chi connectivity index (χ0n) is 9.92. The average Bonchev–Trinajstić information content (AvgIpc) is 2.41. The Morgan fingerprint density at radius 2 is 2.05 bits per heavy atom. The minimum atomic E-state index is -0.566. The fourth-order valence-electron chi connectivity index (χ4n) is 1.49. The van der Waals surface area contributed by atoms with Gasteiger partial charge in [0.05, 0.1) is 10.6 Å². The second-order valence-corrected chi connectivity index (χ2v) is 4.66. The van der Waals surface area contributed by atoms with Crippen LogP contribution in [-0.4, -0.2) is 15.8 Å². The zero-order chi connectivity index (χ0) is 14.7. The van der Waals surface area contributed by atoms with Crippen LogP contribution in [0.1, 0.15) is 10.5 Å². The number of halogens is 1. The molecular weight excluding hydrogens is 330 g/mol. The van der Waals surface area contributed by atoms with Crippen molar-refractivity contribution in [3.05, 3.63) is 67.0 Å². The Hall–Kier alpha value is -2.48. The molecule has 20 heavy (non-hydrogen) atoms. The van der Waals surface area contributed by atoms with Crippen molar-refractivity contribution in [3.8, 4) is 0 Å². The summed E-state index contributed by atoms with van der Waals surface area (Å²) in [5.41, 5.74) is -0.245.